The van der Waals surface area contributed by atoms with E-state index >= 15 is 0 Å². The molecule has 1 fully saturated rings. The molecule has 0 aliphatic heterocycles. The van der Waals surface area contributed by atoms with Crippen molar-refractivity contribution in [2.24, 2.45) is 11.3 Å². The largest absolute Gasteiger partial charge is 0.469 e. The summed E-state index contributed by atoms with van der Waals surface area (Å²) >= 11 is 1.32. The Morgan fingerprint density at radius 2 is 1.42 bits per heavy atom. The Hall–Kier alpha value is -6.38. The lowest BCUT2D eigenvalue weighted by Crippen LogP contribution is -2.47. The molecule has 0 atom stereocenters. The molecule has 2 aliphatic carbocycles. The summed E-state index contributed by atoms with van der Waals surface area (Å²) < 4.78 is 39.4. The molecule has 62 heavy (non-hydrogen) atoms. The van der Waals surface area contributed by atoms with E-state index in [0.717, 1.165) is 64.4 Å². The molecule has 3 aromatic carbocycles. The number of carbonyl (C=O) groups excluding carboxylic acids is 4. The molecule has 0 radical (unpaired) electrons. The lowest BCUT2D eigenvalue weighted by atomic mass is 9.85. The van der Waals surface area contributed by atoms with Crippen LogP contribution >= 0.6 is 11.3 Å². The van der Waals surface area contributed by atoms with Gasteiger partial charge in [0.2, 0.25) is 15.4 Å². The average molecular weight is 875 g/mol. The Balaban J connectivity index is 1.17. The average Bonchev–Trinajstić information content (AvgIpc) is 3.68. The molecule has 0 unspecified atom stereocenters. The number of benzene rings is 3. The Morgan fingerprint density at radius 1 is 0.790 bits per heavy atom. The van der Waals surface area contributed by atoms with Crippen LogP contribution in [0.15, 0.2) is 77.7 Å². The van der Waals surface area contributed by atoms with Crippen LogP contribution in [0, 0.1) is 45.3 Å². The number of ether oxygens (including phenoxy) is 2. The summed E-state index contributed by atoms with van der Waals surface area (Å²) in [5.74, 6) is -2.26. The third-order valence-electron chi connectivity index (χ3n) is 11.5. The summed E-state index contributed by atoms with van der Waals surface area (Å²) in [6.07, 6.45) is 6.77. The third-order valence-corrected chi connectivity index (χ3v) is 14.6. The molecular weight excluding hydrogens is 829 g/mol. The third kappa shape index (κ3) is 10.2. The molecule has 1 heterocycles. The number of sulfonamides is 1. The topological polar surface area (TPSA) is 220 Å². The minimum atomic E-state index is -4.51. The van der Waals surface area contributed by atoms with Crippen LogP contribution in [0.1, 0.15) is 97.6 Å². The first-order chi connectivity index (χ1) is 29.8. The second-order valence-corrected chi connectivity index (χ2v) is 18.4. The smallest absolute Gasteiger partial charge is 0.337 e. The number of nitrogens with zero attached hydrogens (tertiary/aromatic N) is 4. The second kappa shape index (κ2) is 20.0. The number of rotatable bonds is 15. The molecule has 0 bridgehead atoms. The van der Waals surface area contributed by atoms with Gasteiger partial charge in [0.15, 0.2) is 0 Å². The lowest BCUT2D eigenvalue weighted by molar-refractivity contribution is -0.146. The maximum Gasteiger partial charge on any atom is 0.337 e. The number of amides is 2. The summed E-state index contributed by atoms with van der Waals surface area (Å²) in [4.78, 5) is 52.6. The maximum atomic E-state index is 14.4. The molecule has 16 heteroatoms. The lowest BCUT2D eigenvalue weighted by Gasteiger charge is -2.36. The highest BCUT2D eigenvalue weighted by Crippen LogP contribution is 2.39. The van der Waals surface area contributed by atoms with Gasteiger partial charge in [-0.1, -0.05) is 30.3 Å². The van der Waals surface area contributed by atoms with E-state index in [1.807, 2.05) is 36.4 Å². The van der Waals surface area contributed by atoms with Gasteiger partial charge in [-0.25, -0.2) is 13.2 Å². The fraction of sp³-hybridized carbons (Fsp3) is 0.370. The first-order valence-electron chi connectivity index (χ1n) is 20.3. The van der Waals surface area contributed by atoms with Crippen LogP contribution < -0.4 is 10.6 Å². The summed E-state index contributed by atoms with van der Waals surface area (Å²) in [6.45, 7) is -0.736. The van der Waals surface area contributed by atoms with Crippen LogP contribution in [0.25, 0.3) is 0 Å². The van der Waals surface area contributed by atoms with E-state index in [-0.39, 0.29) is 35.2 Å². The number of nitriles is 3. The number of methoxy groups -OCH3 is 2. The zero-order chi connectivity index (χ0) is 44.4. The highest BCUT2D eigenvalue weighted by molar-refractivity contribution is 7.89. The summed E-state index contributed by atoms with van der Waals surface area (Å²) in [5.41, 5.74) is 2.20. The molecule has 6 rings (SSSR count). The minimum Gasteiger partial charge on any atom is -0.469 e. The van der Waals surface area contributed by atoms with Crippen LogP contribution in [-0.2, 0) is 50.0 Å². The van der Waals surface area contributed by atoms with Gasteiger partial charge in [-0.05, 0) is 130 Å². The first-order valence-corrected chi connectivity index (χ1v) is 22.6. The van der Waals surface area contributed by atoms with Crippen molar-refractivity contribution < 1.29 is 37.1 Å². The van der Waals surface area contributed by atoms with Crippen molar-refractivity contribution in [2.75, 3.05) is 31.4 Å². The zero-order valence-corrected chi connectivity index (χ0v) is 36.1. The number of esters is 2. The van der Waals surface area contributed by atoms with Crippen LogP contribution in [-0.4, -0.2) is 63.3 Å². The van der Waals surface area contributed by atoms with Crippen LogP contribution in [0.2, 0.25) is 0 Å². The highest BCUT2D eigenvalue weighted by Gasteiger charge is 2.43. The number of thiophene rings is 1. The van der Waals surface area contributed by atoms with Gasteiger partial charge in [-0.15, -0.1) is 11.3 Å². The Kier molecular flexibility index (Phi) is 14.6. The van der Waals surface area contributed by atoms with E-state index in [9.17, 15) is 43.4 Å². The summed E-state index contributed by atoms with van der Waals surface area (Å²) in [7, 11) is -1.88. The molecule has 2 amide bonds. The number of carbonyl (C=O) groups is 4. The number of hydrogen-bond acceptors (Lipinski definition) is 12. The second-order valence-electron chi connectivity index (χ2n) is 15.4. The van der Waals surface area contributed by atoms with Crippen molar-refractivity contribution in [1.82, 2.24) is 4.31 Å². The van der Waals surface area contributed by atoms with E-state index in [1.54, 1.807) is 30.3 Å². The Morgan fingerprint density at radius 3 is 2.03 bits per heavy atom. The molecule has 14 nitrogen and oxygen atoms in total. The SMILES string of the molecule is COC(=O)c1ccc(CCCc2ccc(NC(=O)c3c(NC(=O)c4cccc(S(=O)(=O)N(CC(C#N)(C#N)C#N)[C@H]5CC[C@H](C(=O)OC)CC5)c4)sc4c3CCCC4)cc2)cc1. The predicted octanol–water partition coefficient (Wildman–Crippen LogP) is 7.37. The summed E-state index contributed by atoms with van der Waals surface area (Å²) in [6, 6.07) is 24.5. The molecule has 1 aromatic heterocycles. The van der Waals surface area contributed by atoms with E-state index in [0.29, 0.717) is 41.1 Å². The summed E-state index contributed by atoms with van der Waals surface area (Å²) in [5, 5.41) is 35.6. The molecule has 1 saturated carbocycles. The van der Waals surface area contributed by atoms with E-state index in [1.165, 1.54) is 49.8 Å². The Labute approximate surface area is 365 Å². The van der Waals surface area contributed by atoms with Gasteiger partial charge in [-0.3, -0.25) is 14.4 Å². The van der Waals surface area contributed by atoms with Crippen molar-refractivity contribution in [3.05, 3.63) is 111 Å². The number of fused-ring (bicyclic) bond motifs is 1. The molecule has 4 aromatic rings. The van der Waals surface area contributed by atoms with Gasteiger partial charge in [0.25, 0.3) is 11.8 Å². The van der Waals surface area contributed by atoms with Crippen molar-refractivity contribution >= 4 is 55.8 Å². The molecule has 2 N–H and O–H groups in total. The highest BCUT2D eigenvalue weighted by atomic mass is 32.2. The molecule has 320 valence electrons. The Bertz CT molecular complexity index is 2520. The number of nitrogens with one attached hydrogen (secondary N) is 2. The molecule has 2 aliphatic rings. The van der Waals surface area contributed by atoms with Crippen LogP contribution in [0.3, 0.4) is 0 Å². The normalized spacial score (nSPS) is 16.1. The van der Waals surface area contributed by atoms with Gasteiger partial charge in [0.05, 0.1) is 42.7 Å². The maximum absolute atomic E-state index is 14.4. The number of hydrogen-bond donors (Lipinski definition) is 2. The molecule has 0 spiro atoms. The first kappa shape index (κ1) is 45.2. The monoisotopic (exact) mass is 874 g/mol. The predicted molar refractivity (Wildman–Crippen MR) is 230 cm³/mol. The number of anilines is 2. The van der Waals surface area contributed by atoms with Crippen LogP contribution in [0.4, 0.5) is 10.7 Å². The molecular formula is C46H46N6O8S2. The fourth-order valence-electron chi connectivity index (χ4n) is 7.96. The van der Waals surface area contributed by atoms with Crippen molar-refractivity contribution in [2.45, 2.75) is 81.6 Å². The van der Waals surface area contributed by atoms with Crippen molar-refractivity contribution in [3.8, 4) is 18.2 Å². The quantitative estimate of drug-likeness (QED) is 0.112. The minimum absolute atomic E-state index is 0.0148. The van der Waals surface area contributed by atoms with E-state index in [2.05, 4.69) is 10.6 Å². The van der Waals surface area contributed by atoms with Gasteiger partial charge in [-0.2, -0.15) is 20.1 Å². The van der Waals surface area contributed by atoms with Crippen LogP contribution in [0.5, 0.6) is 0 Å². The van der Waals surface area contributed by atoms with Gasteiger partial charge < -0.3 is 20.1 Å². The number of aryl methyl sites for hydroxylation is 3. The van der Waals surface area contributed by atoms with Gasteiger partial charge in [0.1, 0.15) is 23.2 Å². The zero-order valence-electron chi connectivity index (χ0n) is 34.4. The molecule has 0 saturated heterocycles. The van der Waals surface area contributed by atoms with E-state index in [4.69, 9.17) is 9.47 Å². The van der Waals surface area contributed by atoms with Gasteiger partial charge in [0, 0.05) is 22.2 Å². The fourth-order valence-corrected chi connectivity index (χ4v) is 11.0. The van der Waals surface area contributed by atoms with Crippen molar-refractivity contribution in [1.29, 1.82) is 15.8 Å². The van der Waals surface area contributed by atoms with E-state index < -0.39 is 45.8 Å². The van der Waals surface area contributed by atoms with Gasteiger partial charge >= 0.3 is 11.9 Å². The van der Waals surface area contributed by atoms with Crippen molar-refractivity contribution in [3.63, 3.8) is 0 Å². The standard InChI is InChI=1S/C46H46N6O8S2/c1-59-44(55)32-17-13-30(14-18-32)7-5-8-31-15-21-35(22-16-31)50-42(54)40-38-11-3-4-12-39(38)61-43(40)51-41(53)34-9-6-10-37(25-34)62(57,58)52(29-46(26-47,27-48)28-49)36-23-19-33(20-24-36)45(56)60-2/h6,9-10,13-18,21-22,25,33,36H,3-5,7-8,11-12,19-20,23-24,29H2,1-2H3,(H,50,54)(H,51,53)/t33-,36-.